The number of nitrogens with zero attached hydrogens (tertiary/aromatic N) is 2. The van der Waals surface area contributed by atoms with Crippen LogP contribution in [-0.2, 0) is 4.74 Å². The minimum atomic E-state index is -0.481. The Balaban J connectivity index is 2.45. The number of hydrogen-bond acceptors (Lipinski definition) is 5. The number of aliphatic hydroxyl groups is 1. The van der Waals surface area contributed by atoms with Crippen LogP contribution >= 0.6 is 0 Å². The Morgan fingerprint density at radius 1 is 1.58 bits per heavy atom. The maximum absolute atomic E-state index is 11.9. The first-order valence-electron chi connectivity index (χ1n) is 6.68. The Labute approximate surface area is 114 Å². The number of hydrogen-bond donors (Lipinski definition) is 2. The van der Waals surface area contributed by atoms with E-state index in [1.54, 1.807) is 4.90 Å². The minimum absolute atomic E-state index is 0.135. The molecule has 0 spiro atoms. The van der Waals surface area contributed by atoms with Gasteiger partial charge in [0.15, 0.2) is 0 Å². The molecule has 0 radical (unpaired) electrons. The van der Waals surface area contributed by atoms with Crippen LogP contribution in [0.5, 0.6) is 0 Å². The molecule has 1 rings (SSSR count). The molecule has 1 aliphatic heterocycles. The molecule has 19 heavy (non-hydrogen) atoms. The highest BCUT2D eigenvalue weighted by atomic mass is 16.6. The Hall–Kier alpha value is -1.30. The fourth-order valence-electron chi connectivity index (χ4n) is 1.57. The molecule has 1 heterocycles. The van der Waals surface area contributed by atoms with Crippen molar-refractivity contribution in [3.63, 3.8) is 0 Å². The molecule has 110 valence electrons. The zero-order chi connectivity index (χ0) is 14.5. The van der Waals surface area contributed by atoms with Gasteiger partial charge < -0.3 is 15.2 Å². The van der Waals surface area contributed by atoms with Crippen molar-refractivity contribution >= 4 is 11.9 Å². The number of carbonyl (C=O) groups excluding carboxylic acids is 1. The van der Waals surface area contributed by atoms with Gasteiger partial charge in [-0.1, -0.05) is 6.92 Å². The first kappa shape index (κ1) is 15.8. The van der Waals surface area contributed by atoms with Crippen molar-refractivity contribution in [2.75, 3.05) is 32.8 Å². The Kier molecular flexibility index (Phi) is 5.60. The molecule has 0 aliphatic carbocycles. The maximum atomic E-state index is 11.9. The third-order valence-corrected chi connectivity index (χ3v) is 2.63. The van der Waals surface area contributed by atoms with Gasteiger partial charge in [0.05, 0.1) is 13.1 Å². The summed E-state index contributed by atoms with van der Waals surface area (Å²) in [5.74, 6) is 0.942. The van der Waals surface area contributed by atoms with Crippen molar-refractivity contribution in [3.05, 3.63) is 0 Å². The molecule has 6 nitrogen and oxygen atoms in total. The summed E-state index contributed by atoms with van der Waals surface area (Å²) in [5, 5.41) is 12.1. The number of amidine groups is 1. The van der Waals surface area contributed by atoms with Gasteiger partial charge in [0, 0.05) is 19.7 Å². The summed E-state index contributed by atoms with van der Waals surface area (Å²) in [5.41, 5.74) is -0.481. The molecule has 0 bridgehead atoms. The van der Waals surface area contributed by atoms with Crippen molar-refractivity contribution in [2.24, 2.45) is 10.9 Å². The number of aliphatic imine (C=N–C) groups is 1. The van der Waals surface area contributed by atoms with E-state index in [0.717, 1.165) is 5.84 Å². The van der Waals surface area contributed by atoms with Crippen molar-refractivity contribution in [1.82, 2.24) is 10.2 Å². The third-order valence-electron chi connectivity index (χ3n) is 2.63. The largest absolute Gasteiger partial charge is 0.444 e. The number of rotatable bonds is 3. The van der Waals surface area contributed by atoms with Gasteiger partial charge in [-0.2, -0.15) is 0 Å². The molecule has 0 aromatic carbocycles. The first-order valence-corrected chi connectivity index (χ1v) is 6.68. The van der Waals surface area contributed by atoms with Crippen LogP contribution in [0.15, 0.2) is 4.99 Å². The van der Waals surface area contributed by atoms with E-state index in [9.17, 15) is 4.79 Å². The van der Waals surface area contributed by atoms with Crippen molar-refractivity contribution in [2.45, 2.75) is 33.3 Å². The monoisotopic (exact) mass is 271 g/mol. The highest BCUT2D eigenvalue weighted by Gasteiger charge is 2.24. The van der Waals surface area contributed by atoms with Crippen LogP contribution in [0.25, 0.3) is 0 Å². The summed E-state index contributed by atoms with van der Waals surface area (Å²) in [4.78, 5) is 17.9. The highest BCUT2D eigenvalue weighted by Crippen LogP contribution is 2.11. The van der Waals surface area contributed by atoms with Crippen LogP contribution in [0.4, 0.5) is 4.79 Å². The van der Waals surface area contributed by atoms with Crippen LogP contribution in [0.3, 0.4) is 0 Å². The van der Waals surface area contributed by atoms with E-state index in [0.29, 0.717) is 26.2 Å². The van der Waals surface area contributed by atoms with E-state index >= 15 is 0 Å². The third kappa shape index (κ3) is 5.92. The molecular formula is C13H25N3O3. The molecule has 2 N–H and O–H groups in total. The first-order chi connectivity index (χ1) is 8.81. The van der Waals surface area contributed by atoms with Gasteiger partial charge in [-0.3, -0.25) is 9.89 Å². The standard InChI is InChI=1S/C13H25N3O3/c1-10(9-17)7-15-11-8-16(6-5-14-11)12(18)19-13(2,3)4/h10,17H,5-9H2,1-4H3,(H,14,15). The maximum Gasteiger partial charge on any atom is 0.410 e. The summed E-state index contributed by atoms with van der Waals surface area (Å²) < 4.78 is 5.34. The summed E-state index contributed by atoms with van der Waals surface area (Å²) in [6.45, 7) is 9.88. The molecule has 0 fully saturated rings. The minimum Gasteiger partial charge on any atom is -0.444 e. The molecule has 1 atom stereocenters. The molecular weight excluding hydrogens is 246 g/mol. The van der Waals surface area contributed by atoms with E-state index in [1.165, 1.54) is 0 Å². The predicted molar refractivity (Wildman–Crippen MR) is 74.4 cm³/mol. The normalized spacial score (nSPS) is 17.7. The highest BCUT2D eigenvalue weighted by molar-refractivity contribution is 5.87. The molecule has 6 heteroatoms. The van der Waals surface area contributed by atoms with E-state index in [-0.39, 0.29) is 18.6 Å². The smallest absolute Gasteiger partial charge is 0.410 e. The van der Waals surface area contributed by atoms with Gasteiger partial charge in [0.2, 0.25) is 0 Å². The lowest BCUT2D eigenvalue weighted by molar-refractivity contribution is 0.0276. The summed E-state index contributed by atoms with van der Waals surface area (Å²) in [7, 11) is 0. The van der Waals surface area contributed by atoms with Crippen molar-refractivity contribution in [1.29, 1.82) is 0 Å². The molecule has 1 aliphatic rings. The Bertz CT molecular complexity index is 337. The SMILES string of the molecule is CC(CO)CNC1=NCCN(C(=O)OC(C)(C)C)C1. The summed E-state index contributed by atoms with van der Waals surface area (Å²) in [6, 6.07) is 0. The van der Waals surface area contributed by atoms with Crippen molar-refractivity contribution in [3.8, 4) is 0 Å². The lowest BCUT2D eigenvalue weighted by atomic mass is 10.2. The number of carbonyl (C=O) groups is 1. The second-order valence-electron chi connectivity index (χ2n) is 5.90. The number of amides is 1. The average Bonchev–Trinajstić information content (AvgIpc) is 2.34. The van der Waals surface area contributed by atoms with Crippen LogP contribution in [0.2, 0.25) is 0 Å². The Morgan fingerprint density at radius 3 is 2.84 bits per heavy atom. The van der Waals surface area contributed by atoms with Gasteiger partial charge in [-0.05, 0) is 26.7 Å². The van der Waals surface area contributed by atoms with Crippen LogP contribution in [0, 0.1) is 5.92 Å². The van der Waals surface area contributed by atoms with Gasteiger partial charge >= 0.3 is 6.09 Å². The molecule has 0 aromatic heterocycles. The number of ether oxygens (including phenoxy) is 1. The quantitative estimate of drug-likeness (QED) is 0.798. The Morgan fingerprint density at radius 2 is 2.26 bits per heavy atom. The fraction of sp³-hybridized carbons (Fsp3) is 0.846. The second kappa shape index (κ2) is 6.75. The van der Waals surface area contributed by atoms with E-state index in [1.807, 2.05) is 27.7 Å². The fourth-order valence-corrected chi connectivity index (χ4v) is 1.57. The van der Waals surface area contributed by atoms with Gasteiger partial charge in [0.1, 0.15) is 11.4 Å². The molecule has 0 aromatic rings. The van der Waals surface area contributed by atoms with E-state index in [4.69, 9.17) is 9.84 Å². The molecule has 0 saturated carbocycles. The average molecular weight is 271 g/mol. The van der Waals surface area contributed by atoms with E-state index in [2.05, 4.69) is 10.3 Å². The van der Waals surface area contributed by atoms with Gasteiger partial charge in [-0.25, -0.2) is 4.79 Å². The molecule has 0 saturated heterocycles. The van der Waals surface area contributed by atoms with Gasteiger partial charge in [-0.15, -0.1) is 0 Å². The second-order valence-corrected chi connectivity index (χ2v) is 5.90. The lowest BCUT2D eigenvalue weighted by Crippen LogP contribution is -2.47. The lowest BCUT2D eigenvalue weighted by Gasteiger charge is -2.30. The zero-order valence-electron chi connectivity index (χ0n) is 12.3. The van der Waals surface area contributed by atoms with E-state index < -0.39 is 5.60 Å². The topological polar surface area (TPSA) is 74.2 Å². The predicted octanol–water partition coefficient (Wildman–Crippen LogP) is 0.854. The van der Waals surface area contributed by atoms with Crippen LogP contribution < -0.4 is 5.32 Å². The van der Waals surface area contributed by atoms with Crippen LogP contribution in [-0.4, -0.2) is 60.3 Å². The number of aliphatic hydroxyl groups excluding tert-OH is 1. The van der Waals surface area contributed by atoms with Gasteiger partial charge in [0.25, 0.3) is 0 Å². The van der Waals surface area contributed by atoms with Crippen molar-refractivity contribution < 1.29 is 14.6 Å². The zero-order valence-corrected chi connectivity index (χ0v) is 12.3. The summed E-state index contributed by atoms with van der Waals surface area (Å²) in [6.07, 6.45) is -0.308. The number of nitrogens with one attached hydrogen (secondary N) is 1. The van der Waals surface area contributed by atoms with Crippen LogP contribution in [0.1, 0.15) is 27.7 Å². The molecule has 1 amide bonds. The molecule has 1 unspecified atom stereocenters. The summed E-state index contributed by atoms with van der Waals surface area (Å²) >= 11 is 0.